The number of hydrogen-bond acceptors (Lipinski definition) is 3. The van der Waals surface area contributed by atoms with Crippen LogP contribution in [0, 0.1) is 3.57 Å². The molecule has 0 spiro atoms. The Labute approximate surface area is 127 Å². The molecule has 0 saturated heterocycles. The van der Waals surface area contributed by atoms with Crippen molar-refractivity contribution in [3.8, 4) is 0 Å². The molecule has 0 aliphatic rings. The molecule has 0 saturated carbocycles. The topological polar surface area (TPSA) is 42.0 Å². The summed E-state index contributed by atoms with van der Waals surface area (Å²) in [5.74, 6) is -0.127. The number of halogens is 1. The van der Waals surface area contributed by atoms with Crippen molar-refractivity contribution in [1.29, 1.82) is 0 Å². The number of carbonyl (C=O) groups excluding carboxylic acids is 1. The maximum Gasteiger partial charge on any atom is 0.257 e. The van der Waals surface area contributed by atoms with Crippen LogP contribution in [0.3, 0.4) is 0 Å². The van der Waals surface area contributed by atoms with Crippen molar-refractivity contribution in [2.24, 2.45) is 0 Å². The van der Waals surface area contributed by atoms with Crippen LogP contribution in [0.4, 0.5) is 5.13 Å². The zero-order chi connectivity index (χ0) is 13.2. The molecule has 3 aromatic rings. The predicted molar refractivity (Wildman–Crippen MR) is 86.7 cm³/mol. The summed E-state index contributed by atoms with van der Waals surface area (Å²) in [7, 11) is 0. The number of nitrogens with zero attached hydrogens (tertiary/aromatic N) is 1. The van der Waals surface area contributed by atoms with Gasteiger partial charge in [0.25, 0.3) is 5.91 Å². The minimum Gasteiger partial charge on any atom is -0.298 e. The molecule has 2 aromatic carbocycles. The molecule has 0 unspecified atom stereocenters. The fourth-order valence-electron chi connectivity index (χ4n) is 1.72. The Morgan fingerprint density at radius 2 is 2.00 bits per heavy atom. The van der Waals surface area contributed by atoms with E-state index in [4.69, 9.17) is 0 Å². The lowest BCUT2D eigenvalue weighted by Crippen LogP contribution is -2.11. The third-order valence-corrected chi connectivity index (χ3v) is 4.22. The molecule has 19 heavy (non-hydrogen) atoms. The van der Waals surface area contributed by atoms with E-state index in [9.17, 15) is 4.79 Å². The van der Waals surface area contributed by atoms with E-state index >= 15 is 0 Å². The van der Waals surface area contributed by atoms with Crippen LogP contribution in [0.15, 0.2) is 48.5 Å². The van der Waals surface area contributed by atoms with Gasteiger partial charge in [0.2, 0.25) is 0 Å². The maximum absolute atomic E-state index is 12.1. The monoisotopic (exact) mass is 380 g/mol. The van der Waals surface area contributed by atoms with Crippen LogP contribution in [0.25, 0.3) is 10.2 Å². The highest BCUT2D eigenvalue weighted by atomic mass is 127. The second-order valence-corrected chi connectivity index (χ2v) is 6.23. The summed E-state index contributed by atoms with van der Waals surface area (Å²) in [5, 5.41) is 3.47. The number of anilines is 1. The molecule has 1 amide bonds. The van der Waals surface area contributed by atoms with Gasteiger partial charge in [-0.05, 0) is 52.9 Å². The molecule has 5 heteroatoms. The average molecular weight is 380 g/mol. The summed E-state index contributed by atoms with van der Waals surface area (Å²) in [4.78, 5) is 16.5. The van der Waals surface area contributed by atoms with Crippen LogP contribution >= 0.6 is 33.9 Å². The minimum atomic E-state index is -0.127. The predicted octanol–water partition coefficient (Wildman–Crippen LogP) is 4.15. The largest absolute Gasteiger partial charge is 0.298 e. The molecule has 3 nitrogen and oxygen atoms in total. The van der Waals surface area contributed by atoms with Crippen molar-refractivity contribution >= 4 is 55.2 Å². The highest BCUT2D eigenvalue weighted by Gasteiger charge is 2.09. The van der Waals surface area contributed by atoms with Crippen LogP contribution in [-0.2, 0) is 0 Å². The van der Waals surface area contributed by atoms with Crippen LogP contribution in [0.5, 0.6) is 0 Å². The van der Waals surface area contributed by atoms with E-state index in [1.165, 1.54) is 11.3 Å². The average Bonchev–Trinajstić information content (AvgIpc) is 2.80. The molecule has 1 aromatic heterocycles. The van der Waals surface area contributed by atoms with Gasteiger partial charge in [-0.1, -0.05) is 29.5 Å². The highest BCUT2D eigenvalue weighted by Crippen LogP contribution is 2.25. The van der Waals surface area contributed by atoms with E-state index in [1.807, 2.05) is 42.5 Å². The van der Waals surface area contributed by atoms with E-state index in [0.29, 0.717) is 10.7 Å². The zero-order valence-corrected chi connectivity index (χ0v) is 12.7. The number of amides is 1. The number of rotatable bonds is 2. The third kappa shape index (κ3) is 2.76. The molecule has 94 valence electrons. The lowest BCUT2D eigenvalue weighted by atomic mass is 10.2. The van der Waals surface area contributed by atoms with Crippen molar-refractivity contribution in [1.82, 2.24) is 4.98 Å². The number of fused-ring (bicyclic) bond motifs is 1. The van der Waals surface area contributed by atoms with Gasteiger partial charge in [0, 0.05) is 9.13 Å². The Morgan fingerprint density at radius 1 is 1.16 bits per heavy atom. The van der Waals surface area contributed by atoms with Gasteiger partial charge in [-0.15, -0.1) is 0 Å². The van der Waals surface area contributed by atoms with Gasteiger partial charge in [0.1, 0.15) is 0 Å². The standard InChI is InChI=1S/C14H9IN2OS/c15-10-5-3-4-9(8-10)13(18)17-14-16-11-6-1-2-7-12(11)19-14/h1-8H,(H,16,17,18). The van der Waals surface area contributed by atoms with Gasteiger partial charge >= 0.3 is 0 Å². The summed E-state index contributed by atoms with van der Waals surface area (Å²) in [6.45, 7) is 0. The lowest BCUT2D eigenvalue weighted by Gasteiger charge is -2.01. The fourth-order valence-corrected chi connectivity index (χ4v) is 3.13. The molecule has 0 aliphatic heterocycles. The number of nitrogens with one attached hydrogen (secondary N) is 1. The molecule has 0 atom stereocenters. The maximum atomic E-state index is 12.1. The smallest absolute Gasteiger partial charge is 0.257 e. The molecule has 1 heterocycles. The van der Waals surface area contributed by atoms with Crippen molar-refractivity contribution in [3.63, 3.8) is 0 Å². The number of para-hydroxylation sites is 1. The van der Waals surface area contributed by atoms with Crippen LogP contribution in [0.2, 0.25) is 0 Å². The SMILES string of the molecule is O=C(Nc1nc2ccccc2s1)c1cccc(I)c1. The van der Waals surface area contributed by atoms with Gasteiger partial charge in [-0.2, -0.15) is 0 Å². The van der Waals surface area contributed by atoms with Gasteiger partial charge < -0.3 is 0 Å². The Hall–Kier alpha value is -1.47. The zero-order valence-electron chi connectivity index (χ0n) is 9.76. The van der Waals surface area contributed by atoms with Crippen LogP contribution < -0.4 is 5.32 Å². The van der Waals surface area contributed by atoms with Crippen LogP contribution in [0.1, 0.15) is 10.4 Å². The quantitative estimate of drug-likeness (QED) is 0.679. The second-order valence-electron chi connectivity index (χ2n) is 3.95. The van der Waals surface area contributed by atoms with Crippen molar-refractivity contribution in [2.75, 3.05) is 5.32 Å². The first-order chi connectivity index (χ1) is 9.22. The van der Waals surface area contributed by atoms with E-state index in [-0.39, 0.29) is 5.91 Å². The van der Waals surface area contributed by atoms with Crippen LogP contribution in [-0.4, -0.2) is 10.9 Å². The summed E-state index contributed by atoms with van der Waals surface area (Å²) >= 11 is 3.67. The van der Waals surface area contributed by atoms with Gasteiger partial charge in [0.15, 0.2) is 5.13 Å². The number of carbonyl (C=O) groups is 1. The van der Waals surface area contributed by atoms with E-state index in [2.05, 4.69) is 32.9 Å². The Bertz CT molecular complexity index is 721. The highest BCUT2D eigenvalue weighted by molar-refractivity contribution is 14.1. The second kappa shape index (κ2) is 5.26. The molecular formula is C14H9IN2OS. The Morgan fingerprint density at radius 3 is 2.79 bits per heavy atom. The molecule has 0 aliphatic carbocycles. The molecular weight excluding hydrogens is 371 g/mol. The molecule has 0 radical (unpaired) electrons. The molecule has 0 fully saturated rings. The lowest BCUT2D eigenvalue weighted by molar-refractivity contribution is 0.102. The first-order valence-electron chi connectivity index (χ1n) is 5.65. The summed E-state index contributed by atoms with van der Waals surface area (Å²) in [6.07, 6.45) is 0. The summed E-state index contributed by atoms with van der Waals surface area (Å²) < 4.78 is 2.11. The Kier molecular flexibility index (Phi) is 3.48. The van der Waals surface area contributed by atoms with Crippen molar-refractivity contribution < 1.29 is 4.79 Å². The van der Waals surface area contributed by atoms with Crippen molar-refractivity contribution in [3.05, 3.63) is 57.7 Å². The number of benzene rings is 2. The normalized spacial score (nSPS) is 10.6. The molecule has 0 bridgehead atoms. The number of hydrogen-bond donors (Lipinski definition) is 1. The van der Waals surface area contributed by atoms with E-state index < -0.39 is 0 Å². The third-order valence-electron chi connectivity index (χ3n) is 2.60. The first-order valence-corrected chi connectivity index (χ1v) is 7.54. The molecule has 1 N–H and O–H groups in total. The van der Waals surface area contributed by atoms with E-state index in [1.54, 1.807) is 6.07 Å². The fraction of sp³-hybridized carbons (Fsp3) is 0. The van der Waals surface area contributed by atoms with E-state index in [0.717, 1.165) is 13.8 Å². The first kappa shape index (κ1) is 12.6. The summed E-state index contributed by atoms with van der Waals surface area (Å²) in [6, 6.07) is 15.3. The van der Waals surface area contributed by atoms with Gasteiger partial charge in [-0.3, -0.25) is 10.1 Å². The van der Waals surface area contributed by atoms with Crippen molar-refractivity contribution in [2.45, 2.75) is 0 Å². The molecule has 3 rings (SSSR count). The van der Waals surface area contributed by atoms with Gasteiger partial charge in [0.05, 0.1) is 10.2 Å². The van der Waals surface area contributed by atoms with Gasteiger partial charge in [-0.25, -0.2) is 4.98 Å². The Balaban J connectivity index is 1.86. The number of aromatic nitrogens is 1. The summed E-state index contributed by atoms with van der Waals surface area (Å²) in [5.41, 5.74) is 1.55. The minimum absolute atomic E-state index is 0.127. The number of thiazole rings is 1.